The van der Waals surface area contributed by atoms with Gasteiger partial charge in [0.2, 0.25) is 11.8 Å². The number of likely N-dealkylation sites (tertiary alicyclic amines) is 1. The van der Waals surface area contributed by atoms with Crippen LogP contribution in [0, 0.1) is 18.3 Å². The molecule has 2 aliphatic heterocycles. The van der Waals surface area contributed by atoms with E-state index in [-0.39, 0.29) is 25.6 Å². The van der Waals surface area contributed by atoms with Crippen LogP contribution in [0.1, 0.15) is 35.1 Å². The van der Waals surface area contributed by atoms with Crippen LogP contribution in [0.3, 0.4) is 0 Å². The molecule has 1 aromatic carbocycles. The largest absolute Gasteiger partial charge is 0.496 e. The van der Waals surface area contributed by atoms with Crippen LogP contribution in [0.15, 0.2) is 35.7 Å². The first-order valence-corrected chi connectivity index (χ1v) is 10.7. The van der Waals surface area contributed by atoms with Gasteiger partial charge < -0.3 is 20.5 Å². The maximum atomic E-state index is 13.1. The van der Waals surface area contributed by atoms with Crippen molar-refractivity contribution in [3.8, 4) is 17.7 Å². The van der Waals surface area contributed by atoms with Gasteiger partial charge in [0.25, 0.3) is 5.92 Å². The Hall–Kier alpha value is -3.71. The van der Waals surface area contributed by atoms with Crippen molar-refractivity contribution in [1.82, 2.24) is 9.88 Å². The number of anilines is 1. The van der Waals surface area contributed by atoms with Gasteiger partial charge in [0.15, 0.2) is 0 Å². The van der Waals surface area contributed by atoms with Crippen LogP contribution in [0.5, 0.6) is 11.6 Å². The molecule has 1 amide bonds. The van der Waals surface area contributed by atoms with Gasteiger partial charge >= 0.3 is 0 Å². The number of nitrogens with zero attached hydrogens (tertiary/aromatic N) is 3. The number of halogens is 2. The number of nitrogens with two attached hydrogens (primary N) is 1. The van der Waals surface area contributed by atoms with Crippen molar-refractivity contribution in [1.29, 1.82) is 5.26 Å². The lowest BCUT2D eigenvalue weighted by molar-refractivity contribution is -0.132. The highest BCUT2D eigenvalue weighted by Crippen LogP contribution is 2.48. The van der Waals surface area contributed by atoms with Gasteiger partial charge in [0.1, 0.15) is 12.4 Å². The molecule has 8 nitrogen and oxygen atoms in total. The standard InChI is InChI=1S/C24H25F2N5O3/c1-13-10-29-23(34-7-6-31-11-24(25,26)12-31)20-19(18(22(28)32)14(2)30-21(13)20)16-5-4-15(9-27)8-17(16)33-3/h4-5,8,10,19,30H,6-7,11-12H2,1-3H3,(H2,28,32). The van der Waals surface area contributed by atoms with Crippen molar-refractivity contribution in [3.63, 3.8) is 0 Å². The number of hydrogen-bond donors (Lipinski definition) is 2. The molecule has 2 aromatic rings. The second-order valence-corrected chi connectivity index (χ2v) is 8.48. The number of primary amides is 1. The summed E-state index contributed by atoms with van der Waals surface area (Å²) >= 11 is 0. The Morgan fingerprint density at radius 2 is 2.12 bits per heavy atom. The normalized spacial score (nSPS) is 18.9. The number of amides is 1. The van der Waals surface area contributed by atoms with Crippen LogP contribution in [0.2, 0.25) is 0 Å². The van der Waals surface area contributed by atoms with E-state index in [2.05, 4.69) is 16.4 Å². The summed E-state index contributed by atoms with van der Waals surface area (Å²) in [6.45, 7) is 3.50. The lowest BCUT2D eigenvalue weighted by atomic mass is 9.79. The molecule has 0 aliphatic carbocycles. The fourth-order valence-electron chi connectivity index (χ4n) is 4.47. The van der Waals surface area contributed by atoms with E-state index in [1.54, 1.807) is 36.2 Å². The number of rotatable bonds is 7. The Bertz CT molecular complexity index is 1210. The first-order chi connectivity index (χ1) is 16.1. The summed E-state index contributed by atoms with van der Waals surface area (Å²) in [5.41, 5.74) is 9.86. The predicted octanol–water partition coefficient (Wildman–Crippen LogP) is 2.92. The average Bonchev–Trinajstić information content (AvgIpc) is 2.78. The molecule has 0 radical (unpaired) electrons. The minimum absolute atomic E-state index is 0.143. The number of carbonyl (C=O) groups is 1. The molecule has 3 N–H and O–H groups in total. The van der Waals surface area contributed by atoms with Crippen LogP contribution >= 0.6 is 0 Å². The van der Waals surface area contributed by atoms with Crippen molar-refractivity contribution >= 4 is 11.6 Å². The van der Waals surface area contributed by atoms with E-state index in [1.165, 1.54) is 7.11 Å². The zero-order valence-electron chi connectivity index (χ0n) is 19.1. The number of allylic oxidation sites excluding steroid dienone is 1. The van der Waals surface area contributed by atoms with Gasteiger partial charge in [0.05, 0.1) is 49.0 Å². The van der Waals surface area contributed by atoms with Crippen molar-refractivity contribution in [2.45, 2.75) is 25.7 Å². The van der Waals surface area contributed by atoms with Crippen LogP contribution in [-0.2, 0) is 4.79 Å². The Morgan fingerprint density at radius 3 is 2.74 bits per heavy atom. The number of fused-ring (bicyclic) bond motifs is 1. The second kappa shape index (κ2) is 8.91. The number of carbonyl (C=O) groups excluding carboxylic acids is 1. The van der Waals surface area contributed by atoms with Gasteiger partial charge in [-0.3, -0.25) is 9.69 Å². The van der Waals surface area contributed by atoms with E-state index in [1.807, 2.05) is 6.92 Å². The number of pyridine rings is 1. The SMILES string of the molecule is COc1cc(C#N)ccc1C1C(C(N)=O)=C(C)Nc2c(C)cnc(OCCN3CC(F)(F)C3)c21. The van der Waals surface area contributed by atoms with Crippen LogP contribution in [0.25, 0.3) is 0 Å². The highest BCUT2D eigenvalue weighted by atomic mass is 19.3. The number of nitrogens with one attached hydrogen (secondary N) is 1. The molecule has 4 rings (SSSR count). The summed E-state index contributed by atoms with van der Waals surface area (Å²) < 4.78 is 37.8. The smallest absolute Gasteiger partial charge is 0.272 e. The summed E-state index contributed by atoms with van der Waals surface area (Å²) in [7, 11) is 1.48. The topological polar surface area (TPSA) is 113 Å². The second-order valence-electron chi connectivity index (χ2n) is 8.48. The van der Waals surface area contributed by atoms with Gasteiger partial charge in [-0.1, -0.05) is 6.07 Å². The summed E-state index contributed by atoms with van der Waals surface area (Å²) in [6.07, 6.45) is 1.65. The summed E-state index contributed by atoms with van der Waals surface area (Å²) in [5, 5.41) is 12.5. The fraction of sp³-hybridized carbons (Fsp3) is 0.375. The molecule has 1 unspecified atom stereocenters. The maximum Gasteiger partial charge on any atom is 0.272 e. The van der Waals surface area contributed by atoms with Crippen molar-refractivity contribution in [2.75, 3.05) is 38.7 Å². The number of aromatic nitrogens is 1. The zero-order valence-corrected chi connectivity index (χ0v) is 19.1. The quantitative estimate of drug-likeness (QED) is 0.641. The van der Waals surface area contributed by atoms with Crippen molar-refractivity contribution in [2.24, 2.45) is 5.73 Å². The van der Waals surface area contributed by atoms with Crippen LogP contribution in [-0.4, -0.2) is 55.1 Å². The molecule has 0 spiro atoms. The number of benzene rings is 1. The Morgan fingerprint density at radius 1 is 1.38 bits per heavy atom. The number of methoxy groups -OCH3 is 1. The maximum absolute atomic E-state index is 13.1. The van der Waals surface area contributed by atoms with Crippen LogP contribution in [0.4, 0.5) is 14.5 Å². The lowest BCUT2D eigenvalue weighted by Gasteiger charge is -2.38. The number of hydrogen-bond acceptors (Lipinski definition) is 7. The monoisotopic (exact) mass is 469 g/mol. The van der Waals surface area contributed by atoms with Crippen molar-refractivity contribution in [3.05, 3.63) is 57.9 Å². The molecular weight excluding hydrogens is 444 g/mol. The Labute approximate surface area is 196 Å². The van der Waals surface area contributed by atoms with E-state index >= 15 is 0 Å². The number of ether oxygens (including phenoxy) is 2. The Kier molecular flexibility index (Phi) is 6.15. The van der Waals surface area contributed by atoms with Gasteiger partial charge in [0, 0.05) is 29.6 Å². The number of nitriles is 1. The number of alkyl halides is 2. The van der Waals surface area contributed by atoms with Gasteiger partial charge in [-0.25, -0.2) is 13.8 Å². The molecular formula is C24H25F2N5O3. The summed E-state index contributed by atoms with van der Waals surface area (Å²) in [5.74, 6) is -3.27. The van der Waals surface area contributed by atoms with Crippen molar-refractivity contribution < 1.29 is 23.0 Å². The van der Waals surface area contributed by atoms with E-state index in [0.717, 1.165) is 11.3 Å². The highest BCUT2D eigenvalue weighted by molar-refractivity contribution is 5.98. The third kappa shape index (κ3) is 4.26. The minimum Gasteiger partial charge on any atom is -0.496 e. The minimum atomic E-state index is -2.65. The van der Waals surface area contributed by atoms with E-state index in [0.29, 0.717) is 40.3 Å². The molecule has 0 saturated carbocycles. The molecule has 1 saturated heterocycles. The summed E-state index contributed by atoms with van der Waals surface area (Å²) in [6, 6.07) is 7.04. The molecule has 2 aliphatic rings. The first kappa shape index (κ1) is 23.4. The third-order valence-corrected chi connectivity index (χ3v) is 6.06. The molecule has 0 bridgehead atoms. The fourth-order valence-corrected chi connectivity index (χ4v) is 4.47. The number of aryl methyl sites for hydroxylation is 1. The van der Waals surface area contributed by atoms with Gasteiger partial charge in [-0.05, 0) is 31.5 Å². The first-order valence-electron chi connectivity index (χ1n) is 10.7. The molecule has 3 heterocycles. The van der Waals surface area contributed by atoms with E-state index in [4.69, 9.17) is 15.2 Å². The van der Waals surface area contributed by atoms with Crippen LogP contribution < -0.4 is 20.5 Å². The predicted molar refractivity (Wildman–Crippen MR) is 121 cm³/mol. The Balaban J connectivity index is 1.78. The van der Waals surface area contributed by atoms with Gasteiger partial charge in [-0.2, -0.15) is 5.26 Å². The molecule has 34 heavy (non-hydrogen) atoms. The zero-order chi connectivity index (χ0) is 24.6. The van der Waals surface area contributed by atoms with E-state index in [9.17, 15) is 18.8 Å². The molecule has 10 heteroatoms. The van der Waals surface area contributed by atoms with E-state index < -0.39 is 17.7 Å². The molecule has 1 atom stereocenters. The average molecular weight is 469 g/mol. The molecule has 178 valence electrons. The van der Waals surface area contributed by atoms with Gasteiger partial charge in [-0.15, -0.1) is 0 Å². The highest BCUT2D eigenvalue weighted by Gasteiger charge is 2.43. The lowest BCUT2D eigenvalue weighted by Crippen LogP contribution is -2.57. The molecule has 1 aromatic heterocycles. The third-order valence-electron chi connectivity index (χ3n) is 6.06. The summed E-state index contributed by atoms with van der Waals surface area (Å²) in [4.78, 5) is 18.6. The molecule has 1 fully saturated rings.